The van der Waals surface area contributed by atoms with Gasteiger partial charge >= 0.3 is 0 Å². The molecular formula is C10H23N3O. The average Bonchev–Trinajstić information content (AvgIpc) is 2.02. The first kappa shape index (κ1) is 13.2. The molecule has 0 aromatic heterocycles. The highest BCUT2D eigenvalue weighted by atomic mass is 16.5. The SMILES string of the molecule is CCNC(=NCCOC)NC(C)(C)C. The van der Waals surface area contributed by atoms with Crippen LogP contribution in [0.15, 0.2) is 4.99 Å². The molecule has 0 radical (unpaired) electrons. The number of methoxy groups -OCH3 is 1. The minimum atomic E-state index is 0.0358. The van der Waals surface area contributed by atoms with Crippen molar-refractivity contribution in [3.8, 4) is 0 Å². The van der Waals surface area contributed by atoms with Crippen LogP contribution in [0.2, 0.25) is 0 Å². The highest BCUT2D eigenvalue weighted by Crippen LogP contribution is 1.97. The zero-order chi connectivity index (χ0) is 11.0. The van der Waals surface area contributed by atoms with E-state index in [2.05, 4.69) is 43.3 Å². The van der Waals surface area contributed by atoms with Crippen molar-refractivity contribution in [2.45, 2.75) is 33.2 Å². The van der Waals surface area contributed by atoms with E-state index in [1.807, 2.05) is 0 Å². The maximum atomic E-state index is 4.94. The molecule has 0 unspecified atom stereocenters. The zero-order valence-electron chi connectivity index (χ0n) is 9.98. The average molecular weight is 201 g/mol. The second kappa shape index (κ2) is 6.65. The molecule has 0 spiro atoms. The first-order valence-corrected chi connectivity index (χ1v) is 5.05. The third-order valence-electron chi connectivity index (χ3n) is 1.40. The van der Waals surface area contributed by atoms with Crippen molar-refractivity contribution in [2.75, 3.05) is 26.8 Å². The molecule has 2 N–H and O–H groups in total. The summed E-state index contributed by atoms with van der Waals surface area (Å²) in [7, 11) is 1.68. The number of guanidine groups is 1. The van der Waals surface area contributed by atoms with E-state index in [0.717, 1.165) is 12.5 Å². The number of aliphatic imine (C=N–C) groups is 1. The maximum absolute atomic E-state index is 4.94. The van der Waals surface area contributed by atoms with Gasteiger partial charge in [-0.3, -0.25) is 4.99 Å². The highest BCUT2D eigenvalue weighted by Gasteiger charge is 2.10. The molecule has 4 heteroatoms. The van der Waals surface area contributed by atoms with Crippen molar-refractivity contribution in [3.05, 3.63) is 0 Å². The lowest BCUT2D eigenvalue weighted by atomic mass is 10.1. The van der Waals surface area contributed by atoms with Crippen LogP contribution < -0.4 is 10.6 Å². The zero-order valence-corrected chi connectivity index (χ0v) is 9.98. The molecule has 0 saturated heterocycles. The third kappa shape index (κ3) is 7.86. The summed E-state index contributed by atoms with van der Waals surface area (Å²) < 4.78 is 4.94. The van der Waals surface area contributed by atoms with E-state index < -0.39 is 0 Å². The van der Waals surface area contributed by atoms with Gasteiger partial charge in [0.1, 0.15) is 0 Å². The fraction of sp³-hybridized carbons (Fsp3) is 0.900. The van der Waals surface area contributed by atoms with Crippen molar-refractivity contribution < 1.29 is 4.74 Å². The Labute approximate surface area is 87.1 Å². The molecule has 0 aliphatic carbocycles. The first-order valence-electron chi connectivity index (χ1n) is 5.05. The second-order valence-corrected chi connectivity index (χ2v) is 4.13. The summed E-state index contributed by atoms with van der Waals surface area (Å²) >= 11 is 0. The molecule has 0 aromatic rings. The van der Waals surface area contributed by atoms with E-state index in [9.17, 15) is 0 Å². The van der Waals surface area contributed by atoms with E-state index >= 15 is 0 Å². The Bertz CT molecular complexity index is 173. The third-order valence-corrected chi connectivity index (χ3v) is 1.40. The Hall–Kier alpha value is -0.770. The lowest BCUT2D eigenvalue weighted by Crippen LogP contribution is -2.47. The molecular weight excluding hydrogens is 178 g/mol. The molecule has 0 heterocycles. The smallest absolute Gasteiger partial charge is 0.191 e. The Balaban J connectivity index is 4.06. The highest BCUT2D eigenvalue weighted by molar-refractivity contribution is 5.80. The van der Waals surface area contributed by atoms with Gasteiger partial charge in [0, 0.05) is 19.2 Å². The van der Waals surface area contributed by atoms with Gasteiger partial charge < -0.3 is 15.4 Å². The Morgan fingerprint density at radius 2 is 2.00 bits per heavy atom. The predicted molar refractivity (Wildman–Crippen MR) is 60.7 cm³/mol. The van der Waals surface area contributed by atoms with Gasteiger partial charge in [0.25, 0.3) is 0 Å². The normalized spacial score (nSPS) is 12.8. The van der Waals surface area contributed by atoms with E-state index in [1.54, 1.807) is 7.11 Å². The lowest BCUT2D eigenvalue weighted by molar-refractivity contribution is 0.207. The number of ether oxygens (including phenoxy) is 1. The van der Waals surface area contributed by atoms with Crippen molar-refractivity contribution in [3.63, 3.8) is 0 Å². The summed E-state index contributed by atoms with van der Waals surface area (Å²) in [6.07, 6.45) is 0. The fourth-order valence-electron chi connectivity index (χ4n) is 0.911. The number of hydrogen-bond acceptors (Lipinski definition) is 2. The van der Waals surface area contributed by atoms with Crippen LogP contribution >= 0.6 is 0 Å². The summed E-state index contributed by atoms with van der Waals surface area (Å²) in [6.45, 7) is 10.6. The van der Waals surface area contributed by atoms with Gasteiger partial charge in [-0.05, 0) is 27.7 Å². The molecule has 4 nitrogen and oxygen atoms in total. The number of rotatable bonds is 4. The molecule has 0 aliphatic heterocycles. The van der Waals surface area contributed by atoms with E-state index in [1.165, 1.54) is 0 Å². The largest absolute Gasteiger partial charge is 0.383 e. The molecule has 0 atom stereocenters. The molecule has 14 heavy (non-hydrogen) atoms. The van der Waals surface area contributed by atoms with Crippen LogP contribution in [-0.2, 0) is 4.74 Å². The van der Waals surface area contributed by atoms with Crippen LogP contribution in [0.4, 0.5) is 0 Å². The van der Waals surface area contributed by atoms with Crippen LogP contribution in [0.25, 0.3) is 0 Å². The van der Waals surface area contributed by atoms with E-state index in [4.69, 9.17) is 4.74 Å². The van der Waals surface area contributed by atoms with Gasteiger partial charge in [0.2, 0.25) is 0 Å². The molecule has 0 aromatic carbocycles. The van der Waals surface area contributed by atoms with Gasteiger partial charge in [-0.2, -0.15) is 0 Å². The summed E-state index contributed by atoms with van der Waals surface area (Å²) in [5, 5.41) is 6.48. The van der Waals surface area contributed by atoms with Crippen LogP contribution in [0.5, 0.6) is 0 Å². The molecule has 0 saturated carbocycles. The first-order chi connectivity index (χ1) is 6.49. The minimum absolute atomic E-state index is 0.0358. The van der Waals surface area contributed by atoms with Gasteiger partial charge in [-0.25, -0.2) is 0 Å². The van der Waals surface area contributed by atoms with Crippen LogP contribution in [0, 0.1) is 0 Å². The quantitative estimate of drug-likeness (QED) is 0.405. The molecule has 0 aliphatic rings. The Morgan fingerprint density at radius 3 is 2.43 bits per heavy atom. The monoisotopic (exact) mass is 201 g/mol. The molecule has 84 valence electrons. The van der Waals surface area contributed by atoms with Crippen molar-refractivity contribution in [1.29, 1.82) is 0 Å². The summed E-state index contributed by atoms with van der Waals surface area (Å²) in [4.78, 5) is 4.36. The topological polar surface area (TPSA) is 45.7 Å². The van der Waals surface area contributed by atoms with Gasteiger partial charge in [0.05, 0.1) is 13.2 Å². The van der Waals surface area contributed by atoms with Gasteiger partial charge in [-0.15, -0.1) is 0 Å². The Kier molecular flexibility index (Phi) is 6.28. The number of nitrogens with one attached hydrogen (secondary N) is 2. The second-order valence-electron chi connectivity index (χ2n) is 4.13. The molecule has 0 fully saturated rings. The summed E-state index contributed by atoms with van der Waals surface area (Å²) in [5.41, 5.74) is 0.0358. The number of hydrogen-bond donors (Lipinski definition) is 2. The predicted octanol–water partition coefficient (Wildman–Crippen LogP) is 0.986. The standard InChI is InChI=1S/C10H23N3O/c1-6-11-9(12-7-8-14-5)13-10(2,3)4/h6-8H2,1-5H3,(H2,11,12,13). The van der Waals surface area contributed by atoms with Crippen molar-refractivity contribution >= 4 is 5.96 Å². The Morgan fingerprint density at radius 1 is 1.36 bits per heavy atom. The number of nitrogens with zero attached hydrogens (tertiary/aromatic N) is 1. The maximum Gasteiger partial charge on any atom is 0.191 e. The fourth-order valence-corrected chi connectivity index (χ4v) is 0.911. The van der Waals surface area contributed by atoms with Gasteiger partial charge in [-0.1, -0.05) is 0 Å². The van der Waals surface area contributed by atoms with Crippen molar-refractivity contribution in [2.24, 2.45) is 4.99 Å². The molecule has 0 amide bonds. The van der Waals surface area contributed by atoms with E-state index in [-0.39, 0.29) is 5.54 Å². The van der Waals surface area contributed by atoms with Crippen LogP contribution in [0.3, 0.4) is 0 Å². The summed E-state index contributed by atoms with van der Waals surface area (Å²) in [5.74, 6) is 0.844. The van der Waals surface area contributed by atoms with Crippen LogP contribution in [-0.4, -0.2) is 38.3 Å². The van der Waals surface area contributed by atoms with Gasteiger partial charge in [0.15, 0.2) is 5.96 Å². The summed E-state index contributed by atoms with van der Waals surface area (Å²) in [6, 6.07) is 0. The molecule has 0 bridgehead atoms. The minimum Gasteiger partial charge on any atom is -0.383 e. The van der Waals surface area contributed by atoms with Crippen molar-refractivity contribution in [1.82, 2.24) is 10.6 Å². The molecule has 0 rings (SSSR count). The van der Waals surface area contributed by atoms with Crippen LogP contribution in [0.1, 0.15) is 27.7 Å². The lowest BCUT2D eigenvalue weighted by Gasteiger charge is -2.23. The van der Waals surface area contributed by atoms with E-state index in [0.29, 0.717) is 13.2 Å².